The Morgan fingerprint density at radius 3 is 2.14 bits per heavy atom. The number of hydrogen-bond donors (Lipinski definition) is 2. The van der Waals surface area contributed by atoms with Crippen molar-refractivity contribution >= 4 is 15.7 Å². The molecule has 1 aromatic carbocycles. The lowest BCUT2D eigenvalue weighted by molar-refractivity contribution is 0.344. The van der Waals surface area contributed by atoms with Crippen LogP contribution in [0.4, 0.5) is 5.69 Å². The summed E-state index contributed by atoms with van der Waals surface area (Å²) in [5.41, 5.74) is 0.936. The molecule has 0 bridgehead atoms. The van der Waals surface area contributed by atoms with E-state index < -0.39 is 10.0 Å². The third-order valence-electron chi connectivity index (χ3n) is 3.22. The summed E-state index contributed by atoms with van der Waals surface area (Å²) in [6.07, 6.45) is 0. The summed E-state index contributed by atoms with van der Waals surface area (Å²) >= 11 is 0. The molecule has 120 valence electrons. The fourth-order valence-corrected chi connectivity index (χ4v) is 3.08. The van der Waals surface area contributed by atoms with Gasteiger partial charge < -0.3 is 10.2 Å². The second-order valence-corrected chi connectivity index (χ2v) is 7.55. The zero-order valence-corrected chi connectivity index (χ0v) is 14.4. The van der Waals surface area contributed by atoms with E-state index in [0.29, 0.717) is 23.4 Å². The second-order valence-electron chi connectivity index (χ2n) is 5.78. The maximum Gasteiger partial charge on any atom is 0.240 e. The van der Waals surface area contributed by atoms with Crippen molar-refractivity contribution in [3.63, 3.8) is 0 Å². The van der Waals surface area contributed by atoms with Gasteiger partial charge in [-0.15, -0.1) is 0 Å². The molecule has 0 radical (unpaired) electrons. The van der Waals surface area contributed by atoms with Crippen LogP contribution < -0.4 is 10.0 Å². The highest BCUT2D eigenvalue weighted by Gasteiger charge is 2.15. The van der Waals surface area contributed by atoms with Crippen molar-refractivity contribution in [2.75, 3.05) is 32.5 Å². The van der Waals surface area contributed by atoms with Crippen LogP contribution in [-0.2, 0) is 10.0 Å². The Balaban J connectivity index is 2.82. The minimum Gasteiger partial charge on any atom is -0.381 e. The van der Waals surface area contributed by atoms with E-state index in [4.69, 9.17) is 0 Å². The van der Waals surface area contributed by atoms with Crippen LogP contribution in [0.2, 0.25) is 0 Å². The molecule has 2 N–H and O–H groups in total. The highest BCUT2D eigenvalue weighted by Crippen LogP contribution is 2.17. The molecule has 6 heteroatoms. The highest BCUT2D eigenvalue weighted by atomic mass is 32.2. The number of nitrogens with zero attached hydrogens (tertiary/aromatic N) is 1. The highest BCUT2D eigenvalue weighted by molar-refractivity contribution is 7.89. The quantitative estimate of drug-likeness (QED) is 0.770. The van der Waals surface area contributed by atoms with Crippen molar-refractivity contribution in [2.24, 2.45) is 5.92 Å². The minimum atomic E-state index is -3.38. The van der Waals surface area contributed by atoms with Crippen LogP contribution in [0.15, 0.2) is 29.2 Å². The summed E-state index contributed by atoms with van der Waals surface area (Å²) in [4.78, 5) is 2.44. The van der Waals surface area contributed by atoms with E-state index in [2.05, 4.69) is 28.8 Å². The summed E-state index contributed by atoms with van der Waals surface area (Å²) in [5.74, 6) is 0.484. The number of anilines is 1. The van der Waals surface area contributed by atoms with Gasteiger partial charge in [0.15, 0.2) is 0 Å². The van der Waals surface area contributed by atoms with E-state index in [9.17, 15) is 8.42 Å². The lowest BCUT2D eigenvalue weighted by atomic mass is 10.0. The van der Waals surface area contributed by atoms with Crippen LogP contribution in [0.3, 0.4) is 0 Å². The van der Waals surface area contributed by atoms with Crippen molar-refractivity contribution < 1.29 is 8.42 Å². The molecule has 0 spiro atoms. The molecule has 1 rings (SSSR count). The Labute approximate surface area is 128 Å². The molecule has 0 aromatic heterocycles. The van der Waals surface area contributed by atoms with E-state index in [-0.39, 0.29) is 0 Å². The van der Waals surface area contributed by atoms with Crippen LogP contribution in [0.1, 0.15) is 20.8 Å². The lowest BCUT2D eigenvalue weighted by Gasteiger charge is -2.26. The SMILES string of the molecule is CCNS(=O)(=O)c1ccc(NC(CN(C)C)C(C)C)cc1. The van der Waals surface area contributed by atoms with Gasteiger partial charge in [-0.3, -0.25) is 0 Å². The summed E-state index contributed by atoms with van der Waals surface area (Å²) < 4.78 is 26.3. The molecule has 0 fully saturated rings. The number of likely N-dealkylation sites (N-methyl/N-ethyl adjacent to an activating group) is 1. The summed E-state index contributed by atoms with van der Waals surface area (Å²) in [7, 11) is 0.713. The van der Waals surface area contributed by atoms with Crippen LogP contribution >= 0.6 is 0 Å². The molecule has 21 heavy (non-hydrogen) atoms. The number of nitrogens with one attached hydrogen (secondary N) is 2. The molecule has 0 amide bonds. The third kappa shape index (κ3) is 5.65. The smallest absolute Gasteiger partial charge is 0.240 e. The molecule has 0 aliphatic rings. The first-order valence-electron chi connectivity index (χ1n) is 7.27. The molecule has 0 heterocycles. The number of sulfonamides is 1. The average Bonchev–Trinajstić information content (AvgIpc) is 2.38. The van der Waals surface area contributed by atoms with Crippen molar-refractivity contribution in [2.45, 2.75) is 31.7 Å². The van der Waals surface area contributed by atoms with E-state index in [1.165, 1.54) is 0 Å². The van der Waals surface area contributed by atoms with Gasteiger partial charge in [0.25, 0.3) is 0 Å². The lowest BCUT2D eigenvalue weighted by Crippen LogP contribution is -2.36. The Morgan fingerprint density at radius 1 is 1.14 bits per heavy atom. The molecular formula is C15H27N3O2S. The van der Waals surface area contributed by atoms with Crippen molar-refractivity contribution in [1.82, 2.24) is 9.62 Å². The Hall–Kier alpha value is -1.11. The molecule has 0 aliphatic heterocycles. The topological polar surface area (TPSA) is 61.4 Å². The molecule has 1 unspecified atom stereocenters. The zero-order valence-electron chi connectivity index (χ0n) is 13.6. The average molecular weight is 313 g/mol. The van der Waals surface area contributed by atoms with Crippen LogP contribution in [-0.4, -0.2) is 46.5 Å². The van der Waals surface area contributed by atoms with Gasteiger partial charge in [-0.05, 0) is 44.3 Å². The fourth-order valence-electron chi connectivity index (χ4n) is 2.03. The summed E-state index contributed by atoms with van der Waals surface area (Å²) in [6.45, 7) is 7.42. The Morgan fingerprint density at radius 2 is 1.71 bits per heavy atom. The number of benzene rings is 1. The van der Waals surface area contributed by atoms with Crippen LogP contribution in [0.5, 0.6) is 0 Å². The van der Waals surface area contributed by atoms with E-state index in [1.54, 1.807) is 19.1 Å². The predicted octanol–water partition coefficient (Wildman–Crippen LogP) is 1.98. The number of rotatable bonds is 8. The zero-order chi connectivity index (χ0) is 16.0. The van der Waals surface area contributed by atoms with Gasteiger partial charge in [-0.1, -0.05) is 20.8 Å². The van der Waals surface area contributed by atoms with Gasteiger partial charge in [-0.2, -0.15) is 0 Å². The first-order valence-corrected chi connectivity index (χ1v) is 8.75. The standard InChI is InChI=1S/C15H27N3O2S/c1-6-16-21(19,20)14-9-7-13(8-10-14)17-15(12(2)3)11-18(4)5/h7-10,12,15-17H,6,11H2,1-5H3. The predicted molar refractivity (Wildman–Crippen MR) is 88.1 cm³/mol. The largest absolute Gasteiger partial charge is 0.381 e. The fraction of sp³-hybridized carbons (Fsp3) is 0.600. The van der Waals surface area contributed by atoms with E-state index in [0.717, 1.165) is 12.2 Å². The molecular weight excluding hydrogens is 286 g/mol. The third-order valence-corrected chi connectivity index (χ3v) is 4.78. The van der Waals surface area contributed by atoms with Crippen molar-refractivity contribution in [3.8, 4) is 0 Å². The Kier molecular flexibility index (Phi) is 6.64. The van der Waals surface area contributed by atoms with Crippen LogP contribution in [0, 0.1) is 5.92 Å². The second kappa shape index (κ2) is 7.77. The van der Waals surface area contributed by atoms with Gasteiger partial charge in [0.1, 0.15) is 0 Å². The van der Waals surface area contributed by atoms with Gasteiger partial charge in [0.2, 0.25) is 10.0 Å². The normalized spacial score (nSPS) is 13.7. The van der Waals surface area contributed by atoms with E-state index >= 15 is 0 Å². The van der Waals surface area contributed by atoms with Crippen molar-refractivity contribution in [3.05, 3.63) is 24.3 Å². The first-order chi connectivity index (χ1) is 9.76. The van der Waals surface area contributed by atoms with Gasteiger partial charge in [0, 0.05) is 24.8 Å². The molecule has 0 saturated heterocycles. The maximum absolute atomic E-state index is 11.9. The molecule has 1 aromatic rings. The first kappa shape index (κ1) is 17.9. The molecule has 5 nitrogen and oxygen atoms in total. The Bertz CT molecular complexity index is 524. The molecule has 0 aliphatic carbocycles. The molecule has 0 saturated carbocycles. The molecule has 1 atom stereocenters. The van der Waals surface area contributed by atoms with Gasteiger partial charge >= 0.3 is 0 Å². The van der Waals surface area contributed by atoms with E-state index in [1.807, 2.05) is 26.2 Å². The monoisotopic (exact) mass is 313 g/mol. The number of hydrogen-bond acceptors (Lipinski definition) is 4. The van der Waals surface area contributed by atoms with Gasteiger partial charge in [0.05, 0.1) is 4.90 Å². The maximum atomic E-state index is 11.9. The van der Waals surface area contributed by atoms with Gasteiger partial charge in [-0.25, -0.2) is 13.1 Å². The van der Waals surface area contributed by atoms with Crippen molar-refractivity contribution in [1.29, 1.82) is 0 Å². The van der Waals surface area contributed by atoms with Crippen LogP contribution in [0.25, 0.3) is 0 Å². The summed E-state index contributed by atoms with van der Waals surface area (Å²) in [6, 6.07) is 7.21. The minimum absolute atomic E-state index is 0.295. The summed E-state index contributed by atoms with van der Waals surface area (Å²) in [5, 5.41) is 3.46.